The summed E-state index contributed by atoms with van der Waals surface area (Å²) < 4.78 is 0. The highest BCUT2D eigenvalue weighted by molar-refractivity contribution is 5.94. The standard InChI is InChI=1S/C14H19N3O3/c1-14(2)9-17(8-7-16(14)3)12(18)10-5-4-6-11(15-10)13(19)20/h4-6H,7-9H2,1-3H3,(H,19,20). The Kier molecular flexibility index (Phi) is 3.76. The van der Waals surface area contributed by atoms with Gasteiger partial charge in [-0.1, -0.05) is 6.07 Å². The number of hydrogen-bond donors (Lipinski definition) is 1. The Morgan fingerprint density at radius 2 is 1.90 bits per heavy atom. The van der Waals surface area contributed by atoms with Crippen molar-refractivity contribution in [1.82, 2.24) is 14.8 Å². The number of pyridine rings is 1. The number of likely N-dealkylation sites (N-methyl/N-ethyl adjacent to an activating group) is 1. The van der Waals surface area contributed by atoms with Crippen LogP contribution in [0, 0.1) is 0 Å². The molecule has 0 radical (unpaired) electrons. The van der Waals surface area contributed by atoms with Gasteiger partial charge in [0.2, 0.25) is 0 Å². The first-order valence-electron chi connectivity index (χ1n) is 6.52. The van der Waals surface area contributed by atoms with Crippen LogP contribution in [0.25, 0.3) is 0 Å². The van der Waals surface area contributed by atoms with Crippen LogP contribution in [0.4, 0.5) is 0 Å². The van der Waals surface area contributed by atoms with E-state index < -0.39 is 5.97 Å². The molecular weight excluding hydrogens is 258 g/mol. The molecule has 1 amide bonds. The van der Waals surface area contributed by atoms with Crippen molar-refractivity contribution in [2.24, 2.45) is 0 Å². The normalized spacial score (nSPS) is 18.9. The maximum Gasteiger partial charge on any atom is 0.354 e. The van der Waals surface area contributed by atoms with Crippen molar-refractivity contribution >= 4 is 11.9 Å². The number of carbonyl (C=O) groups is 2. The summed E-state index contributed by atoms with van der Waals surface area (Å²) in [5, 5.41) is 8.93. The van der Waals surface area contributed by atoms with Crippen LogP contribution in [0.2, 0.25) is 0 Å². The van der Waals surface area contributed by atoms with Gasteiger partial charge in [0.1, 0.15) is 11.4 Å². The van der Waals surface area contributed by atoms with Gasteiger partial charge < -0.3 is 10.0 Å². The molecule has 108 valence electrons. The summed E-state index contributed by atoms with van der Waals surface area (Å²) in [4.78, 5) is 31.2. The minimum absolute atomic E-state index is 0.0989. The van der Waals surface area contributed by atoms with Crippen LogP contribution in [0.3, 0.4) is 0 Å². The molecule has 1 aromatic rings. The van der Waals surface area contributed by atoms with Crippen LogP contribution in [0.5, 0.6) is 0 Å². The first kappa shape index (κ1) is 14.5. The molecule has 1 aliphatic heterocycles. The highest BCUT2D eigenvalue weighted by Gasteiger charge is 2.33. The van der Waals surface area contributed by atoms with Gasteiger partial charge in [0.05, 0.1) is 0 Å². The second-order valence-corrected chi connectivity index (χ2v) is 5.67. The summed E-state index contributed by atoms with van der Waals surface area (Å²) in [5.74, 6) is -1.34. The summed E-state index contributed by atoms with van der Waals surface area (Å²) in [7, 11) is 2.03. The molecule has 2 heterocycles. The molecule has 1 aromatic heterocycles. The van der Waals surface area contributed by atoms with Gasteiger partial charge in [-0.15, -0.1) is 0 Å². The SMILES string of the molecule is CN1CCN(C(=O)c2cccc(C(=O)O)n2)CC1(C)C. The van der Waals surface area contributed by atoms with E-state index in [0.29, 0.717) is 13.1 Å². The molecule has 1 fully saturated rings. The number of rotatable bonds is 2. The van der Waals surface area contributed by atoms with E-state index in [9.17, 15) is 9.59 Å². The maximum atomic E-state index is 12.4. The average Bonchev–Trinajstić information content (AvgIpc) is 2.41. The predicted molar refractivity (Wildman–Crippen MR) is 73.8 cm³/mol. The molecule has 0 saturated carbocycles. The van der Waals surface area contributed by atoms with Gasteiger partial charge >= 0.3 is 5.97 Å². The van der Waals surface area contributed by atoms with Crippen LogP contribution >= 0.6 is 0 Å². The van der Waals surface area contributed by atoms with E-state index in [1.165, 1.54) is 6.07 Å². The molecule has 1 aliphatic rings. The maximum absolute atomic E-state index is 12.4. The minimum Gasteiger partial charge on any atom is -0.477 e. The number of aromatic nitrogens is 1. The van der Waals surface area contributed by atoms with Gasteiger partial charge in [-0.3, -0.25) is 9.69 Å². The Balaban J connectivity index is 2.20. The number of carboxylic acid groups (broad SMARTS) is 1. The summed E-state index contributed by atoms with van der Waals surface area (Å²) in [5.41, 5.74) is -0.0207. The van der Waals surface area contributed by atoms with Crippen LogP contribution in [0.1, 0.15) is 34.8 Å². The molecule has 0 bridgehead atoms. The van der Waals surface area contributed by atoms with Crippen molar-refractivity contribution in [3.05, 3.63) is 29.6 Å². The zero-order chi connectivity index (χ0) is 14.9. The van der Waals surface area contributed by atoms with Crippen molar-refractivity contribution < 1.29 is 14.7 Å². The molecule has 20 heavy (non-hydrogen) atoms. The van der Waals surface area contributed by atoms with Crippen LogP contribution in [-0.4, -0.2) is 64.0 Å². The van der Waals surface area contributed by atoms with Crippen LogP contribution < -0.4 is 0 Å². The number of amides is 1. The van der Waals surface area contributed by atoms with E-state index in [-0.39, 0.29) is 22.8 Å². The molecule has 1 saturated heterocycles. The first-order valence-corrected chi connectivity index (χ1v) is 6.52. The number of hydrogen-bond acceptors (Lipinski definition) is 4. The summed E-state index contributed by atoms with van der Waals surface area (Å²) in [6.45, 7) is 6.16. The van der Waals surface area contributed by atoms with E-state index in [1.807, 2.05) is 7.05 Å². The van der Waals surface area contributed by atoms with Gasteiger partial charge in [0.25, 0.3) is 5.91 Å². The lowest BCUT2D eigenvalue weighted by molar-refractivity contribution is 0.0307. The van der Waals surface area contributed by atoms with E-state index in [4.69, 9.17) is 5.11 Å². The zero-order valence-electron chi connectivity index (χ0n) is 12.0. The van der Waals surface area contributed by atoms with Crippen molar-refractivity contribution in [1.29, 1.82) is 0 Å². The van der Waals surface area contributed by atoms with Gasteiger partial charge in [-0.25, -0.2) is 9.78 Å². The van der Waals surface area contributed by atoms with E-state index >= 15 is 0 Å². The van der Waals surface area contributed by atoms with Crippen molar-refractivity contribution in [3.8, 4) is 0 Å². The molecule has 0 atom stereocenters. The molecule has 2 rings (SSSR count). The first-order chi connectivity index (χ1) is 9.31. The van der Waals surface area contributed by atoms with E-state index in [1.54, 1.807) is 17.0 Å². The van der Waals surface area contributed by atoms with Crippen molar-refractivity contribution in [3.63, 3.8) is 0 Å². The average molecular weight is 277 g/mol. The number of piperazine rings is 1. The Bertz CT molecular complexity index is 542. The largest absolute Gasteiger partial charge is 0.477 e. The third kappa shape index (κ3) is 2.80. The smallest absolute Gasteiger partial charge is 0.354 e. The lowest BCUT2D eigenvalue weighted by atomic mass is 9.99. The summed E-state index contributed by atoms with van der Waals surface area (Å²) in [6, 6.07) is 4.48. The quantitative estimate of drug-likeness (QED) is 0.871. The van der Waals surface area contributed by atoms with Gasteiger partial charge in [-0.2, -0.15) is 0 Å². The van der Waals surface area contributed by atoms with Crippen molar-refractivity contribution in [2.75, 3.05) is 26.7 Å². The molecular formula is C14H19N3O3. The molecule has 0 spiro atoms. The molecule has 6 heteroatoms. The summed E-state index contributed by atoms with van der Waals surface area (Å²) in [6.07, 6.45) is 0. The second kappa shape index (κ2) is 5.20. The highest BCUT2D eigenvalue weighted by Crippen LogP contribution is 2.20. The van der Waals surface area contributed by atoms with Crippen molar-refractivity contribution in [2.45, 2.75) is 19.4 Å². The predicted octanol–water partition coefficient (Wildman–Crippen LogP) is 0.946. The molecule has 0 aromatic carbocycles. The van der Waals surface area contributed by atoms with Gasteiger partial charge in [0.15, 0.2) is 0 Å². The highest BCUT2D eigenvalue weighted by atomic mass is 16.4. The number of carbonyl (C=O) groups excluding carboxylic acids is 1. The zero-order valence-corrected chi connectivity index (χ0v) is 12.0. The number of carboxylic acids is 1. The lowest BCUT2D eigenvalue weighted by Crippen LogP contribution is -2.58. The Labute approximate surface area is 118 Å². The second-order valence-electron chi connectivity index (χ2n) is 5.67. The molecule has 0 unspecified atom stereocenters. The number of aromatic carboxylic acids is 1. The van der Waals surface area contributed by atoms with Crippen LogP contribution in [0.15, 0.2) is 18.2 Å². The third-order valence-electron chi connectivity index (χ3n) is 3.79. The fourth-order valence-corrected chi connectivity index (χ4v) is 2.25. The fraction of sp³-hybridized carbons (Fsp3) is 0.500. The summed E-state index contributed by atoms with van der Waals surface area (Å²) >= 11 is 0. The minimum atomic E-state index is -1.13. The van der Waals surface area contributed by atoms with Gasteiger partial charge in [0, 0.05) is 25.2 Å². The monoisotopic (exact) mass is 277 g/mol. The van der Waals surface area contributed by atoms with Crippen LogP contribution in [-0.2, 0) is 0 Å². The van der Waals surface area contributed by atoms with Gasteiger partial charge in [-0.05, 0) is 33.0 Å². The fourth-order valence-electron chi connectivity index (χ4n) is 2.25. The topological polar surface area (TPSA) is 73.7 Å². The Hall–Kier alpha value is -1.95. The Morgan fingerprint density at radius 1 is 1.25 bits per heavy atom. The number of nitrogens with zero attached hydrogens (tertiary/aromatic N) is 3. The Morgan fingerprint density at radius 3 is 2.50 bits per heavy atom. The molecule has 6 nitrogen and oxygen atoms in total. The molecule has 0 aliphatic carbocycles. The molecule has 1 N–H and O–H groups in total. The van der Waals surface area contributed by atoms with E-state index in [2.05, 4.69) is 23.7 Å². The lowest BCUT2D eigenvalue weighted by Gasteiger charge is -2.45. The van der Waals surface area contributed by atoms with E-state index in [0.717, 1.165) is 6.54 Å². The third-order valence-corrected chi connectivity index (χ3v) is 3.79.